The summed E-state index contributed by atoms with van der Waals surface area (Å²) in [7, 11) is 0. The van der Waals surface area contributed by atoms with Gasteiger partial charge in [-0.1, -0.05) is 0 Å². The zero-order valence-corrected chi connectivity index (χ0v) is 15.2. The average molecular weight is 550 g/mol. The lowest BCUT2D eigenvalue weighted by atomic mass is 9.86. The van der Waals surface area contributed by atoms with Gasteiger partial charge in [0.2, 0.25) is 0 Å². The van der Waals surface area contributed by atoms with E-state index in [2.05, 4.69) is 9.47 Å². The molecule has 0 spiro atoms. The van der Waals surface area contributed by atoms with Gasteiger partial charge in [-0.3, -0.25) is 4.79 Å². The highest BCUT2D eigenvalue weighted by Crippen LogP contribution is 2.65. The van der Waals surface area contributed by atoms with Gasteiger partial charge in [0.05, 0.1) is 13.2 Å². The lowest BCUT2D eigenvalue weighted by Crippen LogP contribution is -2.76. The highest BCUT2D eigenvalue weighted by atomic mass is 19.4. The molecule has 1 rings (SSSR count). The zero-order chi connectivity index (χ0) is 27.6. The maximum Gasteiger partial charge on any atom is 0.460 e. The molecule has 4 nitrogen and oxygen atoms in total. The van der Waals surface area contributed by atoms with Crippen molar-refractivity contribution in [1.29, 1.82) is 0 Å². The molecule has 0 aromatic rings. The van der Waals surface area contributed by atoms with Crippen LogP contribution in [0.3, 0.4) is 0 Å². The number of ether oxygens (including phenoxy) is 2. The van der Waals surface area contributed by atoms with Crippen LogP contribution in [-0.4, -0.2) is 77.7 Å². The zero-order valence-electron chi connectivity index (χ0n) is 15.2. The number of carbonyl (C=O) groups is 1. The number of halogens is 17. The van der Waals surface area contributed by atoms with Gasteiger partial charge >= 0.3 is 53.6 Å². The average Bonchev–Trinajstić information content (AvgIpc) is 3.09. The van der Waals surface area contributed by atoms with Crippen LogP contribution in [0.15, 0.2) is 0 Å². The number of aliphatic carboxylic acids is 1. The van der Waals surface area contributed by atoms with E-state index in [-0.39, 0.29) is 0 Å². The van der Waals surface area contributed by atoms with Crippen LogP contribution >= 0.6 is 0 Å². The highest BCUT2D eigenvalue weighted by molar-refractivity contribution is 5.68. The summed E-state index contributed by atoms with van der Waals surface area (Å²) in [6.45, 7) is -2.63. The van der Waals surface area contributed by atoms with Crippen molar-refractivity contribution in [1.82, 2.24) is 0 Å². The molecule has 0 radical (unpaired) electrons. The monoisotopic (exact) mass is 550 g/mol. The maximum absolute atomic E-state index is 14.2. The van der Waals surface area contributed by atoms with E-state index >= 15 is 0 Å². The van der Waals surface area contributed by atoms with E-state index in [4.69, 9.17) is 5.11 Å². The summed E-state index contributed by atoms with van der Waals surface area (Å²) < 4.78 is 233. The Labute approximate surface area is 174 Å². The van der Waals surface area contributed by atoms with Gasteiger partial charge in [-0.05, 0) is 0 Å². The van der Waals surface area contributed by atoms with Crippen LogP contribution in [-0.2, 0) is 14.3 Å². The van der Waals surface area contributed by atoms with Gasteiger partial charge < -0.3 is 14.6 Å². The van der Waals surface area contributed by atoms with Crippen molar-refractivity contribution in [2.45, 2.75) is 59.8 Å². The molecule has 0 aromatic carbocycles. The minimum absolute atomic E-state index is 1.31. The Bertz CT molecular complexity index is 781. The van der Waals surface area contributed by atoms with Crippen molar-refractivity contribution < 1.29 is 94.0 Å². The molecule has 1 saturated heterocycles. The summed E-state index contributed by atoms with van der Waals surface area (Å²) >= 11 is 0. The Morgan fingerprint density at radius 2 is 0.882 bits per heavy atom. The SMILES string of the molecule is O=C(O)CC1(C(F)(F)C(F)(F)C(F)(F)C(F)(F)C(F)(F)C(F)(F)C(F)(F)C(F)(F)F)OCCO1. The molecule has 0 bridgehead atoms. The number of hydrogen-bond donors (Lipinski definition) is 1. The normalized spacial score (nSPS) is 19.4. The minimum Gasteiger partial charge on any atom is -0.481 e. The van der Waals surface area contributed by atoms with Crippen molar-refractivity contribution in [2.24, 2.45) is 0 Å². The molecule has 1 aliphatic rings. The molecular formula is C13H7F17O4. The first-order valence-electron chi connectivity index (χ1n) is 7.83. The molecule has 21 heteroatoms. The molecular weight excluding hydrogens is 543 g/mol. The molecule has 1 fully saturated rings. The summed E-state index contributed by atoms with van der Waals surface area (Å²) in [5, 5.41) is 8.45. The van der Waals surface area contributed by atoms with Gasteiger partial charge in [0.15, 0.2) is 0 Å². The second-order valence-corrected chi connectivity index (χ2v) is 6.54. The van der Waals surface area contributed by atoms with E-state index in [0.717, 1.165) is 0 Å². The largest absolute Gasteiger partial charge is 0.481 e. The fourth-order valence-corrected chi connectivity index (χ4v) is 2.45. The van der Waals surface area contributed by atoms with Crippen molar-refractivity contribution >= 4 is 5.97 Å². The molecule has 0 aromatic heterocycles. The third-order valence-corrected chi connectivity index (χ3v) is 4.34. The van der Waals surface area contributed by atoms with Gasteiger partial charge in [0.1, 0.15) is 6.42 Å². The maximum atomic E-state index is 14.2. The summed E-state index contributed by atoms with van der Waals surface area (Å²) in [4.78, 5) is 10.6. The first-order valence-corrected chi connectivity index (χ1v) is 7.83. The summed E-state index contributed by atoms with van der Waals surface area (Å²) in [6, 6.07) is 0. The van der Waals surface area contributed by atoms with Crippen LogP contribution in [0.5, 0.6) is 0 Å². The van der Waals surface area contributed by atoms with E-state index in [1.54, 1.807) is 0 Å². The van der Waals surface area contributed by atoms with Crippen LogP contribution in [0, 0.1) is 0 Å². The second-order valence-electron chi connectivity index (χ2n) is 6.54. The second kappa shape index (κ2) is 7.85. The van der Waals surface area contributed by atoms with Crippen molar-refractivity contribution in [3.63, 3.8) is 0 Å². The Morgan fingerprint density at radius 3 is 1.18 bits per heavy atom. The summed E-state index contributed by atoms with van der Waals surface area (Å²) in [5.74, 6) is -65.7. The quantitative estimate of drug-likeness (QED) is 0.401. The van der Waals surface area contributed by atoms with Crippen molar-refractivity contribution in [3.8, 4) is 0 Å². The van der Waals surface area contributed by atoms with Gasteiger partial charge in [0, 0.05) is 0 Å². The highest BCUT2D eigenvalue weighted by Gasteiger charge is 2.96. The number of carboxylic acids is 1. The van der Waals surface area contributed by atoms with Crippen LogP contribution in [0.25, 0.3) is 0 Å². The topological polar surface area (TPSA) is 55.8 Å². The van der Waals surface area contributed by atoms with Gasteiger partial charge in [-0.2, -0.15) is 74.6 Å². The molecule has 1 heterocycles. The number of alkyl halides is 17. The lowest BCUT2D eigenvalue weighted by molar-refractivity contribution is -0.473. The molecule has 0 amide bonds. The molecule has 0 unspecified atom stereocenters. The van der Waals surface area contributed by atoms with E-state index in [1.165, 1.54) is 0 Å². The Balaban J connectivity index is 3.73. The fraction of sp³-hybridized carbons (Fsp3) is 0.923. The molecule has 0 saturated carbocycles. The first kappa shape index (κ1) is 30.2. The standard InChI is InChI=1S/C13H7F17O4/c14-6(15,5(3-4(31)32)33-1-2-34-5)7(16,17)8(18,19)9(20,21)10(22,23)11(24,25)12(26,27)13(28,29)30/h1-3H2,(H,31,32). The van der Waals surface area contributed by atoms with Crippen molar-refractivity contribution in [2.75, 3.05) is 13.2 Å². The van der Waals surface area contributed by atoms with Crippen LogP contribution in [0.1, 0.15) is 6.42 Å². The third-order valence-electron chi connectivity index (χ3n) is 4.34. The summed E-state index contributed by atoms with van der Waals surface area (Å²) in [6.07, 6.45) is -10.4. The number of rotatable bonds is 9. The number of carboxylic acid groups (broad SMARTS) is 1. The molecule has 34 heavy (non-hydrogen) atoms. The molecule has 0 atom stereocenters. The predicted molar refractivity (Wildman–Crippen MR) is 67.6 cm³/mol. The lowest BCUT2D eigenvalue weighted by Gasteiger charge is -2.45. The molecule has 202 valence electrons. The van der Waals surface area contributed by atoms with Gasteiger partial charge in [-0.25, -0.2) is 0 Å². The first-order chi connectivity index (χ1) is 14.6. The van der Waals surface area contributed by atoms with E-state index < -0.39 is 79.0 Å². The Hall–Kier alpha value is -1.80. The third kappa shape index (κ3) is 3.63. The fourth-order valence-electron chi connectivity index (χ4n) is 2.45. The minimum atomic E-state index is -8.78. The van der Waals surface area contributed by atoms with Crippen LogP contribution in [0.2, 0.25) is 0 Å². The summed E-state index contributed by atoms with van der Waals surface area (Å²) in [5.41, 5.74) is 0. The van der Waals surface area contributed by atoms with Crippen LogP contribution in [0.4, 0.5) is 74.6 Å². The van der Waals surface area contributed by atoms with Gasteiger partial charge in [0.25, 0.3) is 5.79 Å². The Kier molecular flexibility index (Phi) is 6.98. The van der Waals surface area contributed by atoms with Crippen molar-refractivity contribution in [3.05, 3.63) is 0 Å². The van der Waals surface area contributed by atoms with E-state index in [9.17, 15) is 79.4 Å². The van der Waals surface area contributed by atoms with E-state index in [1.807, 2.05) is 0 Å². The molecule has 1 N–H and O–H groups in total. The van der Waals surface area contributed by atoms with Gasteiger partial charge in [-0.15, -0.1) is 0 Å². The smallest absolute Gasteiger partial charge is 0.460 e. The van der Waals surface area contributed by atoms with Crippen LogP contribution < -0.4 is 0 Å². The number of hydrogen-bond acceptors (Lipinski definition) is 3. The Morgan fingerprint density at radius 1 is 0.588 bits per heavy atom. The molecule has 0 aliphatic carbocycles. The van der Waals surface area contributed by atoms with E-state index in [0.29, 0.717) is 0 Å². The predicted octanol–water partition coefficient (Wildman–Crippen LogP) is 5.21. The molecule has 1 aliphatic heterocycles.